The van der Waals surface area contributed by atoms with Crippen molar-refractivity contribution in [3.05, 3.63) is 89.7 Å². The van der Waals surface area contributed by atoms with Gasteiger partial charge < -0.3 is 15.0 Å². The quantitative estimate of drug-likeness (QED) is 0.749. The average Bonchev–Trinajstić information content (AvgIpc) is 2.71. The summed E-state index contributed by atoms with van der Waals surface area (Å²) in [6.07, 6.45) is 0. The Morgan fingerprint density at radius 1 is 1.04 bits per heavy atom. The first kappa shape index (κ1) is 17.7. The molecular formula is C22H17FN2O3. The summed E-state index contributed by atoms with van der Waals surface area (Å²) >= 11 is 0. The maximum atomic E-state index is 13.8. The van der Waals surface area contributed by atoms with Crippen LogP contribution in [0.25, 0.3) is 0 Å². The van der Waals surface area contributed by atoms with Crippen LogP contribution in [0, 0.1) is 5.82 Å². The van der Waals surface area contributed by atoms with Crippen molar-refractivity contribution in [2.45, 2.75) is 6.54 Å². The van der Waals surface area contributed by atoms with Gasteiger partial charge in [0.2, 0.25) is 0 Å². The third kappa shape index (κ3) is 3.57. The van der Waals surface area contributed by atoms with Gasteiger partial charge in [0, 0.05) is 11.8 Å². The SMILES string of the molecule is O=C(Nc1ccc2c(c1)OCC(=O)N2Cc1ccccc1)c1ccccc1F. The first-order valence-corrected chi connectivity index (χ1v) is 8.79. The van der Waals surface area contributed by atoms with Gasteiger partial charge in [-0.15, -0.1) is 0 Å². The molecule has 0 saturated carbocycles. The number of hydrogen-bond donors (Lipinski definition) is 1. The van der Waals surface area contributed by atoms with Crippen molar-refractivity contribution < 1.29 is 18.7 Å². The minimum atomic E-state index is -0.589. The Bertz CT molecular complexity index is 1040. The summed E-state index contributed by atoms with van der Waals surface area (Å²) in [5.74, 6) is -0.790. The van der Waals surface area contributed by atoms with Crippen molar-refractivity contribution in [3.63, 3.8) is 0 Å². The molecule has 4 rings (SSSR count). The van der Waals surface area contributed by atoms with Crippen molar-refractivity contribution in [1.82, 2.24) is 0 Å². The Kier molecular flexibility index (Phi) is 4.76. The number of rotatable bonds is 4. The zero-order valence-electron chi connectivity index (χ0n) is 14.9. The fourth-order valence-corrected chi connectivity index (χ4v) is 3.07. The molecule has 0 aromatic heterocycles. The second-order valence-electron chi connectivity index (χ2n) is 6.37. The van der Waals surface area contributed by atoms with Crippen LogP contribution in [0.5, 0.6) is 5.75 Å². The molecule has 0 atom stereocenters. The lowest BCUT2D eigenvalue weighted by Gasteiger charge is -2.29. The van der Waals surface area contributed by atoms with E-state index in [-0.39, 0.29) is 18.1 Å². The molecule has 6 heteroatoms. The number of ether oxygens (including phenoxy) is 1. The van der Waals surface area contributed by atoms with E-state index in [1.807, 2.05) is 30.3 Å². The summed E-state index contributed by atoms with van der Waals surface area (Å²) in [6, 6.07) is 20.4. The number of anilines is 2. The van der Waals surface area contributed by atoms with Gasteiger partial charge in [0.15, 0.2) is 6.61 Å². The molecule has 140 valence electrons. The molecule has 1 heterocycles. The molecule has 1 N–H and O–H groups in total. The number of amides is 2. The zero-order chi connectivity index (χ0) is 19.5. The van der Waals surface area contributed by atoms with Gasteiger partial charge in [0.1, 0.15) is 11.6 Å². The summed E-state index contributed by atoms with van der Waals surface area (Å²) in [4.78, 5) is 26.3. The molecule has 0 fully saturated rings. The van der Waals surface area contributed by atoms with Crippen molar-refractivity contribution in [1.29, 1.82) is 0 Å². The molecular weight excluding hydrogens is 359 g/mol. The summed E-state index contributed by atoms with van der Waals surface area (Å²) in [5.41, 5.74) is 2.05. The van der Waals surface area contributed by atoms with Crippen molar-refractivity contribution in [2.75, 3.05) is 16.8 Å². The summed E-state index contributed by atoms with van der Waals surface area (Å²) in [5, 5.41) is 2.66. The highest BCUT2D eigenvalue weighted by atomic mass is 19.1. The van der Waals surface area contributed by atoms with Gasteiger partial charge in [-0.3, -0.25) is 9.59 Å². The van der Waals surface area contributed by atoms with Gasteiger partial charge in [0.05, 0.1) is 17.8 Å². The third-order valence-corrected chi connectivity index (χ3v) is 4.46. The van der Waals surface area contributed by atoms with E-state index in [0.717, 1.165) is 5.56 Å². The summed E-state index contributed by atoms with van der Waals surface area (Å²) in [7, 11) is 0. The molecule has 3 aromatic rings. The molecule has 0 spiro atoms. The Labute approximate surface area is 161 Å². The fourth-order valence-electron chi connectivity index (χ4n) is 3.07. The molecule has 1 aliphatic heterocycles. The molecule has 0 bridgehead atoms. The highest BCUT2D eigenvalue weighted by molar-refractivity contribution is 6.05. The largest absolute Gasteiger partial charge is 0.481 e. The van der Waals surface area contributed by atoms with Crippen LogP contribution < -0.4 is 15.0 Å². The van der Waals surface area contributed by atoms with Gasteiger partial charge in [0.25, 0.3) is 11.8 Å². The number of fused-ring (bicyclic) bond motifs is 1. The van der Waals surface area contributed by atoms with Gasteiger partial charge in [-0.25, -0.2) is 4.39 Å². The van der Waals surface area contributed by atoms with Gasteiger partial charge in [-0.2, -0.15) is 0 Å². The van der Waals surface area contributed by atoms with E-state index in [9.17, 15) is 14.0 Å². The van der Waals surface area contributed by atoms with Gasteiger partial charge in [-0.05, 0) is 29.8 Å². The zero-order valence-corrected chi connectivity index (χ0v) is 14.9. The number of carbonyl (C=O) groups is 2. The van der Waals surface area contributed by atoms with Crippen molar-refractivity contribution in [3.8, 4) is 5.75 Å². The summed E-state index contributed by atoms with van der Waals surface area (Å²) < 4.78 is 19.3. The monoisotopic (exact) mass is 376 g/mol. The molecule has 0 saturated heterocycles. The topological polar surface area (TPSA) is 58.6 Å². The molecule has 1 aliphatic rings. The van der Waals surface area contributed by atoms with Crippen LogP contribution in [0.4, 0.5) is 15.8 Å². The van der Waals surface area contributed by atoms with Gasteiger partial charge >= 0.3 is 0 Å². The average molecular weight is 376 g/mol. The normalized spacial score (nSPS) is 12.9. The fraction of sp³-hybridized carbons (Fsp3) is 0.0909. The highest BCUT2D eigenvalue weighted by Crippen LogP contribution is 2.35. The van der Waals surface area contributed by atoms with E-state index >= 15 is 0 Å². The first-order valence-electron chi connectivity index (χ1n) is 8.79. The van der Waals surface area contributed by atoms with E-state index in [4.69, 9.17) is 4.74 Å². The first-order chi connectivity index (χ1) is 13.6. The van der Waals surface area contributed by atoms with E-state index in [2.05, 4.69) is 5.32 Å². The minimum Gasteiger partial charge on any atom is -0.481 e. The lowest BCUT2D eigenvalue weighted by molar-refractivity contribution is -0.121. The van der Waals surface area contributed by atoms with Gasteiger partial charge in [-0.1, -0.05) is 42.5 Å². The minimum absolute atomic E-state index is 0.0398. The lowest BCUT2D eigenvalue weighted by Crippen LogP contribution is -2.38. The molecule has 0 aliphatic carbocycles. The van der Waals surface area contributed by atoms with Crippen molar-refractivity contribution in [2.24, 2.45) is 0 Å². The molecule has 28 heavy (non-hydrogen) atoms. The number of hydrogen-bond acceptors (Lipinski definition) is 3. The molecule has 2 amide bonds. The van der Waals surface area contributed by atoms with Crippen LogP contribution in [-0.2, 0) is 11.3 Å². The second-order valence-corrected chi connectivity index (χ2v) is 6.37. The van der Waals surface area contributed by atoms with Crippen LogP contribution in [0.3, 0.4) is 0 Å². The van der Waals surface area contributed by atoms with Crippen LogP contribution in [-0.4, -0.2) is 18.4 Å². The number of benzene rings is 3. The Balaban J connectivity index is 1.57. The van der Waals surface area contributed by atoms with E-state index in [1.54, 1.807) is 29.2 Å². The third-order valence-electron chi connectivity index (χ3n) is 4.46. The van der Waals surface area contributed by atoms with Crippen LogP contribution in [0.1, 0.15) is 15.9 Å². The maximum Gasteiger partial charge on any atom is 0.265 e. The molecule has 5 nitrogen and oxygen atoms in total. The smallest absolute Gasteiger partial charge is 0.265 e. The standard InChI is InChI=1S/C22H17FN2O3/c23-18-9-5-4-8-17(18)22(27)24-16-10-11-19-20(12-16)28-14-21(26)25(19)13-15-6-2-1-3-7-15/h1-12H,13-14H2,(H,24,27). The Hall–Kier alpha value is -3.67. The summed E-state index contributed by atoms with van der Waals surface area (Å²) in [6.45, 7) is 0.349. The predicted molar refractivity (Wildman–Crippen MR) is 104 cm³/mol. The van der Waals surface area contributed by atoms with E-state index in [0.29, 0.717) is 23.7 Å². The van der Waals surface area contributed by atoms with Crippen LogP contribution >= 0.6 is 0 Å². The molecule has 0 radical (unpaired) electrons. The molecule has 3 aromatic carbocycles. The van der Waals surface area contributed by atoms with E-state index in [1.165, 1.54) is 18.2 Å². The Morgan fingerprint density at radius 3 is 2.57 bits per heavy atom. The number of nitrogens with zero attached hydrogens (tertiary/aromatic N) is 1. The molecule has 0 unspecified atom stereocenters. The number of carbonyl (C=O) groups excluding carboxylic acids is 2. The van der Waals surface area contributed by atoms with Crippen LogP contribution in [0.2, 0.25) is 0 Å². The highest BCUT2D eigenvalue weighted by Gasteiger charge is 2.26. The lowest BCUT2D eigenvalue weighted by atomic mass is 10.1. The number of nitrogens with one attached hydrogen (secondary N) is 1. The van der Waals surface area contributed by atoms with Crippen molar-refractivity contribution >= 4 is 23.2 Å². The van der Waals surface area contributed by atoms with Crippen LogP contribution in [0.15, 0.2) is 72.8 Å². The predicted octanol–water partition coefficient (Wildman–Crippen LogP) is 4.00. The van der Waals surface area contributed by atoms with E-state index < -0.39 is 11.7 Å². The Morgan fingerprint density at radius 2 is 1.79 bits per heavy atom. The number of halogens is 1. The second kappa shape index (κ2) is 7.52. The maximum absolute atomic E-state index is 13.8.